The summed E-state index contributed by atoms with van der Waals surface area (Å²) >= 11 is 0. The van der Waals surface area contributed by atoms with Crippen LogP contribution in [-0.4, -0.2) is 11.0 Å². The van der Waals surface area contributed by atoms with E-state index < -0.39 is 17.6 Å². The third-order valence-corrected chi connectivity index (χ3v) is 3.02. The van der Waals surface area contributed by atoms with Gasteiger partial charge in [0.05, 0.1) is 5.56 Å². The van der Waals surface area contributed by atoms with Crippen molar-refractivity contribution in [3.63, 3.8) is 0 Å². The maximum atomic E-state index is 12.6. The normalized spacial score (nSPS) is 11.6. The zero-order chi connectivity index (χ0) is 16.9. The summed E-state index contributed by atoms with van der Waals surface area (Å²) in [6, 6.07) is 11.1. The van der Waals surface area contributed by atoms with Crippen LogP contribution in [0.1, 0.15) is 16.7 Å². The summed E-state index contributed by atoms with van der Waals surface area (Å²) in [5.74, 6) is -0.359. The van der Waals surface area contributed by atoms with Gasteiger partial charge in [0.2, 0.25) is 5.91 Å². The van der Waals surface area contributed by atoms with Crippen LogP contribution in [0.2, 0.25) is 0 Å². The van der Waals surface area contributed by atoms with Gasteiger partial charge in [-0.2, -0.15) is 13.2 Å². The van der Waals surface area contributed by atoms with Crippen LogP contribution in [0.25, 0.3) is 6.08 Å². The van der Waals surface area contributed by atoms with Gasteiger partial charge >= 0.3 is 6.18 Å². The smallest absolute Gasteiger partial charge is 0.416 e. The molecule has 0 aliphatic heterocycles. The Labute approximate surface area is 131 Å². The van der Waals surface area contributed by atoms with Gasteiger partial charge in [0, 0.05) is 12.6 Å². The Kier molecular flexibility index (Phi) is 5.05. The molecular weight excluding hydrogens is 307 g/mol. The standard InChI is InChI=1S/C17H14F3NO2/c18-17(19,20)14-5-1-4-13(9-14)11-21-16(23)8-7-12-3-2-6-15(22)10-12/h1-10,22H,11H2,(H,21,23)/b8-7+. The molecule has 6 heteroatoms. The molecule has 23 heavy (non-hydrogen) atoms. The Balaban J connectivity index is 1.94. The summed E-state index contributed by atoms with van der Waals surface area (Å²) in [6.45, 7) is -0.00681. The van der Waals surface area contributed by atoms with E-state index in [1.54, 1.807) is 12.1 Å². The number of carbonyl (C=O) groups is 1. The van der Waals surface area contributed by atoms with E-state index in [4.69, 9.17) is 0 Å². The zero-order valence-electron chi connectivity index (χ0n) is 12.0. The van der Waals surface area contributed by atoms with Gasteiger partial charge < -0.3 is 10.4 Å². The van der Waals surface area contributed by atoms with Crippen LogP contribution in [0.4, 0.5) is 13.2 Å². The van der Waals surface area contributed by atoms with Crippen molar-refractivity contribution in [2.45, 2.75) is 12.7 Å². The molecule has 1 amide bonds. The number of amides is 1. The Morgan fingerprint density at radius 2 is 1.87 bits per heavy atom. The number of phenols is 1. The van der Waals surface area contributed by atoms with Crippen LogP contribution in [-0.2, 0) is 17.5 Å². The lowest BCUT2D eigenvalue weighted by molar-refractivity contribution is -0.137. The second-order valence-electron chi connectivity index (χ2n) is 4.84. The molecule has 2 aromatic carbocycles. The number of benzene rings is 2. The first kappa shape index (κ1) is 16.6. The minimum Gasteiger partial charge on any atom is -0.508 e. The van der Waals surface area contributed by atoms with Crippen LogP contribution in [0.5, 0.6) is 5.75 Å². The average Bonchev–Trinajstić information content (AvgIpc) is 2.50. The summed E-state index contributed by atoms with van der Waals surface area (Å²) in [4.78, 5) is 11.7. The summed E-state index contributed by atoms with van der Waals surface area (Å²) in [6.07, 6.45) is -1.65. The zero-order valence-corrected chi connectivity index (χ0v) is 12.0. The van der Waals surface area contributed by atoms with Crippen molar-refractivity contribution in [1.29, 1.82) is 0 Å². The maximum Gasteiger partial charge on any atom is 0.416 e. The first-order valence-corrected chi connectivity index (χ1v) is 6.76. The van der Waals surface area contributed by atoms with Gasteiger partial charge in [-0.15, -0.1) is 0 Å². The molecule has 0 saturated carbocycles. The van der Waals surface area contributed by atoms with Gasteiger partial charge in [0.15, 0.2) is 0 Å². The molecule has 0 heterocycles. The molecule has 0 atom stereocenters. The fraction of sp³-hybridized carbons (Fsp3) is 0.118. The molecule has 0 unspecified atom stereocenters. The van der Waals surface area contributed by atoms with Gasteiger partial charge in [-0.05, 0) is 41.5 Å². The third kappa shape index (κ3) is 5.18. The molecule has 0 aliphatic carbocycles. The quantitative estimate of drug-likeness (QED) is 0.843. The predicted molar refractivity (Wildman–Crippen MR) is 80.4 cm³/mol. The van der Waals surface area contributed by atoms with Gasteiger partial charge in [-0.3, -0.25) is 4.79 Å². The number of alkyl halides is 3. The van der Waals surface area contributed by atoms with E-state index >= 15 is 0 Å². The monoisotopic (exact) mass is 321 g/mol. The van der Waals surface area contributed by atoms with E-state index in [9.17, 15) is 23.1 Å². The van der Waals surface area contributed by atoms with Crippen molar-refractivity contribution >= 4 is 12.0 Å². The van der Waals surface area contributed by atoms with E-state index in [1.807, 2.05) is 0 Å². The Hall–Kier alpha value is -2.76. The molecule has 0 bridgehead atoms. The van der Waals surface area contributed by atoms with Gasteiger partial charge in [0.1, 0.15) is 5.75 Å². The van der Waals surface area contributed by atoms with Crippen LogP contribution in [0.3, 0.4) is 0 Å². The number of hydrogen-bond donors (Lipinski definition) is 2. The van der Waals surface area contributed by atoms with Gasteiger partial charge in [-0.1, -0.05) is 24.3 Å². The molecule has 2 rings (SSSR count). The lowest BCUT2D eigenvalue weighted by Gasteiger charge is -2.08. The highest BCUT2D eigenvalue weighted by molar-refractivity contribution is 5.91. The molecule has 0 aliphatic rings. The largest absolute Gasteiger partial charge is 0.508 e. The fourth-order valence-electron chi connectivity index (χ4n) is 1.91. The lowest BCUT2D eigenvalue weighted by Crippen LogP contribution is -2.20. The molecule has 0 aromatic heterocycles. The lowest BCUT2D eigenvalue weighted by atomic mass is 10.1. The summed E-state index contributed by atoms with van der Waals surface area (Å²) in [5, 5.41) is 11.8. The first-order chi connectivity index (χ1) is 10.8. The van der Waals surface area contributed by atoms with E-state index in [-0.39, 0.29) is 12.3 Å². The van der Waals surface area contributed by atoms with Crippen LogP contribution >= 0.6 is 0 Å². The Bertz CT molecular complexity index is 724. The number of aromatic hydroxyl groups is 1. The average molecular weight is 321 g/mol. The van der Waals surface area contributed by atoms with Crippen molar-refractivity contribution in [2.24, 2.45) is 0 Å². The fourth-order valence-corrected chi connectivity index (χ4v) is 1.91. The van der Waals surface area contributed by atoms with Gasteiger partial charge in [-0.25, -0.2) is 0 Å². The molecule has 120 valence electrons. The van der Waals surface area contributed by atoms with Crippen molar-refractivity contribution < 1.29 is 23.1 Å². The van der Waals surface area contributed by atoms with E-state index in [0.29, 0.717) is 11.1 Å². The van der Waals surface area contributed by atoms with Crippen LogP contribution in [0.15, 0.2) is 54.6 Å². The first-order valence-electron chi connectivity index (χ1n) is 6.76. The maximum absolute atomic E-state index is 12.6. The SMILES string of the molecule is O=C(/C=C/c1cccc(O)c1)NCc1cccc(C(F)(F)F)c1. The van der Waals surface area contributed by atoms with Crippen LogP contribution in [0, 0.1) is 0 Å². The predicted octanol–water partition coefficient (Wildman–Crippen LogP) is 3.74. The number of nitrogens with one attached hydrogen (secondary N) is 1. The number of carbonyl (C=O) groups excluding carboxylic acids is 1. The number of phenolic OH excluding ortho intramolecular Hbond substituents is 1. The van der Waals surface area contributed by atoms with Crippen molar-refractivity contribution in [2.75, 3.05) is 0 Å². The second-order valence-corrected chi connectivity index (χ2v) is 4.84. The molecule has 2 aromatic rings. The number of hydrogen-bond acceptors (Lipinski definition) is 2. The highest BCUT2D eigenvalue weighted by Gasteiger charge is 2.30. The molecule has 0 saturated heterocycles. The molecule has 0 radical (unpaired) electrons. The molecule has 0 spiro atoms. The van der Waals surface area contributed by atoms with Gasteiger partial charge in [0.25, 0.3) is 0 Å². The molecule has 3 nitrogen and oxygen atoms in total. The summed E-state index contributed by atoms with van der Waals surface area (Å²) in [5.41, 5.74) is 0.248. The van der Waals surface area contributed by atoms with E-state index in [1.165, 1.54) is 36.4 Å². The Morgan fingerprint density at radius 3 is 2.57 bits per heavy atom. The second kappa shape index (κ2) is 7.00. The summed E-state index contributed by atoms with van der Waals surface area (Å²) in [7, 11) is 0. The number of rotatable bonds is 4. The molecule has 2 N–H and O–H groups in total. The minimum absolute atomic E-state index is 0.00681. The molecular formula is C17H14F3NO2. The summed E-state index contributed by atoms with van der Waals surface area (Å²) < 4.78 is 37.8. The van der Waals surface area contributed by atoms with Crippen molar-refractivity contribution in [1.82, 2.24) is 5.32 Å². The van der Waals surface area contributed by atoms with E-state index in [2.05, 4.69) is 5.32 Å². The van der Waals surface area contributed by atoms with Crippen molar-refractivity contribution in [3.05, 3.63) is 71.3 Å². The minimum atomic E-state index is -4.41. The topological polar surface area (TPSA) is 49.3 Å². The Morgan fingerprint density at radius 1 is 1.13 bits per heavy atom. The molecule has 0 fully saturated rings. The highest BCUT2D eigenvalue weighted by Crippen LogP contribution is 2.29. The highest BCUT2D eigenvalue weighted by atomic mass is 19.4. The number of halogens is 3. The third-order valence-electron chi connectivity index (χ3n) is 3.02. The van der Waals surface area contributed by atoms with Crippen molar-refractivity contribution in [3.8, 4) is 5.75 Å². The van der Waals surface area contributed by atoms with E-state index in [0.717, 1.165) is 12.1 Å². The van der Waals surface area contributed by atoms with Crippen LogP contribution < -0.4 is 5.32 Å².